The van der Waals surface area contributed by atoms with Gasteiger partial charge < -0.3 is 9.45 Å². The van der Waals surface area contributed by atoms with Gasteiger partial charge in [0.05, 0.1) is 9.09 Å². The lowest BCUT2D eigenvalue weighted by Gasteiger charge is -2.27. The molecule has 3 aromatic heterocycles. The van der Waals surface area contributed by atoms with Crippen LogP contribution in [0.5, 0.6) is 0 Å². The summed E-state index contributed by atoms with van der Waals surface area (Å²) in [6, 6.07) is 36.1. The van der Waals surface area contributed by atoms with Gasteiger partial charge in [0.1, 0.15) is 0 Å². The Balaban J connectivity index is 1.34. The highest BCUT2D eigenvalue weighted by atomic mass is 32.2. The minimum absolute atomic E-state index is 0.748. The number of carbonyl (C=O) groups is 1. The number of benzene rings is 3. The SMILES string of the molecule is Cc1ccc(N(c2ccc(-c3ccc(SO)s3)cc2)c2ccc(-c3ccc(-c4ccc(C=O)s4)s3)cc2)c(C)c1. The topological polar surface area (TPSA) is 40.5 Å². The van der Waals surface area contributed by atoms with Crippen LogP contribution in [0.25, 0.3) is 30.6 Å². The highest BCUT2D eigenvalue weighted by Gasteiger charge is 2.16. The van der Waals surface area contributed by atoms with E-state index in [0.29, 0.717) is 0 Å². The molecular weight excluding hydrogens is 571 g/mol. The van der Waals surface area contributed by atoms with Crippen molar-refractivity contribution in [2.24, 2.45) is 0 Å². The summed E-state index contributed by atoms with van der Waals surface area (Å²) < 4.78 is 10.3. The number of nitrogens with zero attached hydrogens (tertiary/aromatic N) is 1. The molecule has 0 spiro atoms. The molecule has 40 heavy (non-hydrogen) atoms. The quantitative estimate of drug-likeness (QED) is 0.140. The minimum atomic E-state index is 0.748. The van der Waals surface area contributed by atoms with Crippen molar-refractivity contribution in [3.05, 3.63) is 119 Å². The molecule has 1 N–H and O–H groups in total. The van der Waals surface area contributed by atoms with Crippen LogP contribution in [-0.4, -0.2) is 10.8 Å². The van der Waals surface area contributed by atoms with Gasteiger partial charge in [-0.25, -0.2) is 0 Å². The maximum absolute atomic E-state index is 11.1. The number of aldehydes is 1. The Kier molecular flexibility index (Phi) is 7.74. The number of aryl methyl sites for hydroxylation is 2. The fourth-order valence-corrected chi connectivity index (χ4v) is 7.95. The highest BCUT2D eigenvalue weighted by Crippen LogP contribution is 2.41. The molecule has 3 aromatic carbocycles. The summed E-state index contributed by atoms with van der Waals surface area (Å²) in [6.07, 6.45) is 0.908. The number of carbonyl (C=O) groups excluding carboxylic acids is 1. The Labute approximate surface area is 250 Å². The second kappa shape index (κ2) is 11.6. The van der Waals surface area contributed by atoms with Crippen LogP contribution in [0.3, 0.4) is 0 Å². The fraction of sp³-hybridized carbons (Fsp3) is 0.0606. The number of anilines is 3. The van der Waals surface area contributed by atoms with E-state index in [-0.39, 0.29) is 0 Å². The Bertz CT molecular complexity index is 1780. The molecule has 0 aliphatic carbocycles. The van der Waals surface area contributed by atoms with E-state index in [1.165, 1.54) is 37.8 Å². The van der Waals surface area contributed by atoms with Crippen molar-refractivity contribution in [1.82, 2.24) is 0 Å². The molecule has 3 nitrogen and oxygen atoms in total. The summed E-state index contributed by atoms with van der Waals surface area (Å²) in [7, 11) is 0. The van der Waals surface area contributed by atoms with Gasteiger partial charge in [-0.3, -0.25) is 4.79 Å². The van der Waals surface area contributed by atoms with Crippen LogP contribution in [0.1, 0.15) is 20.8 Å². The van der Waals surface area contributed by atoms with Gasteiger partial charge in [-0.05, 0) is 97.3 Å². The average Bonchev–Trinajstić information content (AvgIpc) is 3.76. The maximum atomic E-state index is 11.1. The van der Waals surface area contributed by atoms with Crippen LogP contribution >= 0.6 is 46.1 Å². The first kappa shape index (κ1) is 26.7. The first-order valence-electron chi connectivity index (χ1n) is 12.7. The molecule has 0 radical (unpaired) electrons. The molecule has 0 fully saturated rings. The number of rotatable bonds is 8. The van der Waals surface area contributed by atoms with Crippen molar-refractivity contribution in [2.45, 2.75) is 18.1 Å². The van der Waals surface area contributed by atoms with Crippen molar-refractivity contribution >= 4 is 69.4 Å². The Morgan fingerprint density at radius 1 is 0.650 bits per heavy atom. The van der Waals surface area contributed by atoms with E-state index in [0.717, 1.165) is 59.8 Å². The molecule has 0 saturated heterocycles. The first-order chi connectivity index (χ1) is 19.5. The molecular formula is C33H25NO2S4. The third-order valence-electron chi connectivity index (χ3n) is 6.68. The van der Waals surface area contributed by atoms with Gasteiger partial charge in [0.15, 0.2) is 6.29 Å². The van der Waals surface area contributed by atoms with Crippen LogP contribution in [0.15, 0.2) is 107 Å². The normalized spacial score (nSPS) is 11.1. The van der Waals surface area contributed by atoms with E-state index < -0.39 is 0 Å². The van der Waals surface area contributed by atoms with E-state index in [2.05, 4.69) is 104 Å². The van der Waals surface area contributed by atoms with Gasteiger partial charge in [-0.2, -0.15) is 0 Å². The van der Waals surface area contributed by atoms with Gasteiger partial charge in [-0.1, -0.05) is 42.0 Å². The molecule has 0 aliphatic heterocycles. The molecule has 7 heteroatoms. The van der Waals surface area contributed by atoms with E-state index in [1.807, 2.05) is 18.2 Å². The van der Waals surface area contributed by atoms with Crippen LogP contribution in [-0.2, 0) is 0 Å². The zero-order chi connectivity index (χ0) is 27.6. The van der Waals surface area contributed by atoms with Crippen LogP contribution in [0.4, 0.5) is 17.1 Å². The zero-order valence-corrected chi connectivity index (χ0v) is 25.1. The summed E-state index contributed by atoms with van der Waals surface area (Å²) in [5.74, 6) is 0. The van der Waals surface area contributed by atoms with Gasteiger partial charge in [0.2, 0.25) is 0 Å². The molecule has 0 atom stereocenters. The summed E-state index contributed by atoms with van der Waals surface area (Å²) in [4.78, 5) is 18.8. The molecule has 0 aliphatic rings. The third-order valence-corrected chi connectivity index (χ3v) is 10.7. The molecule has 6 rings (SSSR count). The van der Waals surface area contributed by atoms with Crippen LogP contribution in [0.2, 0.25) is 0 Å². The Morgan fingerprint density at radius 2 is 1.23 bits per heavy atom. The third kappa shape index (κ3) is 5.44. The Morgan fingerprint density at radius 3 is 1.80 bits per heavy atom. The average molecular weight is 596 g/mol. The predicted molar refractivity (Wildman–Crippen MR) is 174 cm³/mol. The van der Waals surface area contributed by atoms with Gasteiger partial charge >= 0.3 is 0 Å². The lowest BCUT2D eigenvalue weighted by Crippen LogP contribution is -2.11. The van der Waals surface area contributed by atoms with E-state index in [1.54, 1.807) is 22.7 Å². The van der Waals surface area contributed by atoms with Crippen molar-refractivity contribution in [1.29, 1.82) is 0 Å². The van der Waals surface area contributed by atoms with E-state index in [9.17, 15) is 9.35 Å². The van der Waals surface area contributed by atoms with Crippen molar-refractivity contribution in [3.63, 3.8) is 0 Å². The summed E-state index contributed by atoms with van der Waals surface area (Å²) in [5.41, 5.74) is 8.06. The van der Waals surface area contributed by atoms with Crippen LogP contribution < -0.4 is 4.90 Å². The first-order valence-corrected chi connectivity index (χ1v) is 15.9. The van der Waals surface area contributed by atoms with Crippen molar-refractivity contribution < 1.29 is 9.35 Å². The van der Waals surface area contributed by atoms with E-state index >= 15 is 0 Å². The van der Waals surface area contributed by atoms with Gasteiger partial charge in [0, 0.05) is 48.6 Å². The van der Waals surface area contributed by atoms with Crippen molar-refractivity contribution in [3.8, 4) is 30.6 Å². The summed E-state index contributed by atoms with van der Waals surface area (Å²) >= 11 is 5.64. The highest BCUT2D eigenvalue weighted by molar-refractivity contribution is 7.95. The standard InChI is InChI=1S/C33H25NO2S4/c1-21-3-13-28(22(2)19-21)34(26-10-6-24(7-11-26)30-17-18-33(39-30)40-36)25-8-4-23(5-9-25)29-15-16-32(38-29)31-14-12-27(20-35)37-31/h3-20,36H,1-2H3. The molecule has 0 bridgehead atoms. The molecule has 0 saturated carbocycles. The number of hydrogen-bond acceptors (Lipinski definition) is 7. The molecule has 0 unspecified atom stereocenters. The smallest absolute Gasteiger partial charge is 0.160 e. The zero-order valence-electron chi connectivity index (χ0n) is 21.8. The molecule has 3 heterocycles. The lowest BCUT2D eigenvalue weighted by atomic mass is 10.1. The lowest BCUT2D eigenvalue weighted by molar-refractivity contribution is 0.112. The summed E-state index contributed by atoms with van der Waals surface area (Å²) in [6.45, 7) is 4.28. The maximum Gasteiger partial charge on any atom is 0.160 e. The molecule has 6 aromatic rings. The van der Waals surface area contributed by atoms with Gasteiger partial charge in [0.25, 0.3) is 0 Å². The number of thiophene rings is 3. The monoisotopic (exact) mass is 595 g/mol. The second-order valence-electron chi connectivity index (χ2n) is 9.41. The second-order valence-corrected chi connectivity index (χ2v) is 13.6. The Hall–Kier alpha value is -3.46. The summed E-state index contributed by atoms with van der Waals surface area (Å²) in [5, 5.41) is 0. The largest absolute Gasteiger partial charge is 0.325 e. The molecule has 0 amide bonds. The van der Waals surface area contributed by atoms with Gasteiger partial charge in [-0.15, -0.1) is 34.0 Å². The van der Waals surface area contributed by atoms with Crippen molar-refractivity contribution in [2.75, 3.05) is 4.90 Å². The van der Waals surface area contributed by atoms with Crippen LogP contribution in [0, 0.1) is 13.8 Å². The number of hydrogen-bond donors (Lipinski definition) is 1. The molecule has 198 valence electrons. The predicted octanol–water partition coefficient (Wildman–Crippen LogP) is 11.3. The minimum Gasteiger partial charge on any atom is -0.325 e. The van der Waals surface area contributed by atoms with E-state index in [4.69, 9.17) is 0 Å². The fourth-order valence-electron chi connectivity index (χ4n) is 4.73.